The van der Waals surface area contributed by atoms with Crippen LogP contribution in [0.2, 0.25) is 0 Å². The molecule has 0 saturated carbocycles. The maximum absolute atomic E-state index is 11.2. The van der Waals surface area contributed by atoms with Gasteiger partial charge in [-0.25, -0.2) is 0 Å². The Morgan fingerprint density at radius 1 is 0.905 bits per heavy atom. The smallest absolute Gasteiger partial charge is 0.249 e. The van der Waals surface area contributed by atoms with E-state index >= 15 is 0 Å². The molecule has 0 aliphatic carbocycles. The van der Waals surface area contributed by atoms with Gasteiger partial charge < -0.3 is 15.9 Å². The van der Waals surface area contributed by atoms with Crippen molar-refractivity contribution in [2.75, 3.05) is 0 Å². The third-order valence-corrected chi connectivity index (χ3v) is 3.70. The minimum Gasteiger partial charge on any atom is -0.385 e. The van der Waals surface area contributed by atoms with Crippen molar-refractivity contribution < 1.29 is 15.0 Å². The van der Waals surface area contributed by atoms with Gasteiger partial charge in [0.2, 0.25) is 5.91 Å². The summed E-state index contributed by atoms with van der Waals surface area (Å²) in [7, 11) is 0. The zero-order chi connectivity index (χ0) is 15.0. The molecule has 0 fully saturated rings. The molecule has 3 rings (SSSR count). The predicted molar refractivity (Wildman–Crippen MR) is 81.6 cm³/mol. The van der Waals surface area contributed by atoms with Crippen molar-refractivity contribution in [1.29, 1.82) is 0 Å². The van der Waals surface area contributed by atoms with Crippen LogP contribution in [0.5, 0.6) is 0 Å². The van der Waals surface area contributed by atoms with Crippen LogP contribution >= 0.6 is 0 Å². The molecule has 0 aliphatic heterocycles. The SMILES string of the molecule is NC(=O)C(O)C(O)c1c2ccccc2cc2ccccc12. The highest BCUT2D eigenvalue weighted by atomic mass is 16.3. The van der Waals surface area contributed by atoms with Gasteiger partial charge in [0.25, 0.3) is 0 Å². The fourth-order valence-electron chi connectivity index (χ4n) is 2.68. The second kappa shape index (κ2) is 5.16. The molecule has 2 atom stereocenters. The number of carbonyl (C=O) groups is 1. The number of nitrogens with two attached hydrogens (primary N) is 1. The number of rotatable bonds is 3. The number of hydrogen-bond acceptors (Lipinski definition) is 3. The van der Waals surface area contributed by atoms with Crippen molar-refractivity contribution in [2.45, 2.75) is 12.2 Å². The number of aliphatic hydroxyl groups excluding tert-OH is 2. The highest BCUT2D eigenvalue weighted by Crippen LogP contribution is 2.34. The lowest BCUT2D eigenvalue weighted by Gasteiger charge is -2.19. The monoisotopic (exact) mass is 281 g/mol. The molecule has 4 nitrogen and oxygen atoms in total. The average molecular weight is 281 g/mol. The second-order valence-electron chi connectivity index (χ2n) is 5.02. The molecule has 3 aromatic carbocycles. The van der Waals surface area contributed by atoms with Crippen LogP contribution < -0.4 is 5.73 Å². The van der Waals surface area contributed by atoms with Gasteiger partial charge in [-0.15, -0.1) is 0 Å². The molecule has 1 amide bonds. The number of hydrogen-bond donors (Lipinski definition) is 3. The minimum atomic E-state index is -1.64. The number of amides is 1. The van der Waals surface area contributed by atoms with Crippen LogP contribution in [-0.4, -0.2) is 22.2 Å². The zero-order valence-electron chi connectivity index (χ0n) is 11.2. The van der Waals surface area contributed by atoms with E-state index in [2.05, 4.69) is 0 Å². The van der Waals surface area contributed by atoms with Crippen molar-refractivity contribution in [3.05, 3.63) is 60.2 Å². The van der Waals surface area contributed by atoms with Gasteiger partial charge >= 0.3 is 0 Å². The molecule has 4 heteroatoms. The first kappa shape index (κ1) is 13.5. The topological polar surface area (TPSA) is 83.6 Å². The summed E-state index contributed by atoms with van der Waals surface area (Å²) in [4.78, 5) is 11.2. The molecule has 2 unspecified atom stereocenters. The number of benzene rings is 3. The third-order valence-electron chi connectivity index (χ3n) is 3.70. The van der Waals surface area contributed by atoms with E-state index in [1.54, 1.807) is 0 Å². The van der Waals surface area contributed by atoms with E-state index < -0.39 is 18.1 Å². The van der Waals surface area contributed by atoms with E-state index in [1.165, 1.54) is 0 Å². The van der Waals surface area contributed by atoms with Crippen LogP contribution in [0.25, 0.3) is 21.5 Å². The van der Waals surface area contributed by atoms with Gasteiger partial charge in [0.05, 0.1) is 0 Å². The Kier molecular flexibility index (Phi) is 3.33. The van der Waals surface area contributed by atoms with Crippen LogP contribution in [0.1, 0.15) is 11.7 Å². The van der Waals surface area contributed by atoms with E-state index in [0.29, 0.717) is 5.56 Å². The molecule has 0 aliphatic rings. The van der Waals surface area contributed by atoms with Gasteiger partial charge in [-0.1, -0.05) is 48.5 Å². The fourth-order valence-corrected chi connectivity index (χ4v) is 2.68. The summed E-state index contributed by atoms with van der Waals surface area (Å²) in [5, 5.41) is 23.7. The molecule has 0 spiro atoms. The normalized spacial score (nSPS) is 14.2. The Morgan fingerprint density at radius 2 is 1.38 bits per heavy atom. The maximum atomic E-state index is 11.2. The van der Waals surface area contributed by atoms with Crippen LogP contribution in [0.4, 0.5) is 0 Å². The van der Waals surface area contributed by atoms with E-state index in [9.17, 15) is 15.0 Å². The highest BCUT2D eigenvalue weighted by Gasteiger charge is 2.26. The maximum Gasteiger partial charge on any atom is 0.249 e. The standard InChI is InChI=1S/C17H15NO3/c18-17(21)16(20)15(19)14-12-7-3-1-5-10(12)9-11-6-2-4-8-13(11)14/h1-9,15-16,19-20H,(H2,18,21). The number of carbonyl (C=O) groups excluding carboxylic acids is 1. The fraction of sp³-hybridized carbons (Fsp3) is 0.118. The molecule has 0 radical (unpaired) electrons. The lowest BCUT2D eigenvalue weighted by atomic mass is 9.91. The van der Waals surface area contributed by atoms with Crippen molar-refractivity contribution >= 4 is 27.5 Å². The Bertz CT molecular complexity index is 774. The summed E-state index contributed by atoms with van der Waals surface area (Å²) in [6.45, 7) is 0. The van der Waals surface area contributed by atoms with Gasteiger partial charge in [-0.3, -0.25) is 4.79 Å². The summed E-state index contributed by atoms with van der Waals surface area (Å²) in [5.41, 5.74) is 5.64. The Morgan fingerprint density at radius 3 is 1.86 bits per heavy atom. The van der Waals surface area contributed by atoms with Crippen LogP contribution in [0.3, 0.4) is 0 Å². The van der Waals surface area contributed by atoms with Crippen LogP contribution in [0, 0.1) is 0 Å². The van der Waals surface area contributed by atoms with E-state index in [0.717, 1.165) is 21.5 Å². The summed E-state index contributed by atoms with van der Waals surface area (Å²) in [5.74, 6) is -0.945. The van der Waals surface area contributed by atoms with Crippen molar-refractivity contribution in [2.24, 2.45) is 5.73 Å². The first-order valence-electron chi connectivity index (χ1n) is 6.65. The first-order chi connectivity index (χ1) is 10.1. The minimum absolute atomic E-state index is 0.523. The van der Waals surface area contributed by atoms with Gasteiger partial charge in [0.1, 0.15) is 6.10 Å². The largest absolute Gasteiger partial charge is 0.385 e. The van der Waals surface area contributed by atoms with Crippen molar-refractivity contribution in [3.63, 3.8) is 0 Å². The van der Waals surface area contributed by atoms with E-state index in [-0.39, 0.29) is 0 Å². The summed E-state index contributed by atoms with van der Waals surface area (Å²) >= 11 is 0. The number of aliphatic hydroxyl groups is 2. The molecular formula is C17H15NO3. The Hall–Kier alpha value is -2.43. The molecule has 0 heterocycles. The highest BCUT2D eigenvalue weighted by molar-refractivity contribution is 6.03. The van der Waals surface area contributed by atoms with Crippen LogP contribution in [0.15, 0.2) is 54.6 Å². The van der Waals surface area contributed by atoms with Crippen molar-refractivity contribution in [3.8, 4) is 0 Å². The lowest BCUT2D eigenvalue weighted by molar-refractivity contribution is -0.131. The van der Waals surface area contributed by atoms with Crippen molar-refractivity contribution in [1.82, 2.24) is 0 Å². The predicted octanol–water partition coefficient (Wildman–Crippen LogP) is 1.87. The van der Waals surface area contributed by atoms with Gasteiger partial charge in [-0.2, -0.15) is 0 Å². The number of primary amides is 1. The molecule has 4 N–H and O–H groups in total. The quantitative estimate of drug-likeness (QED) is 0.641. The van der Waals surface area contributed by atoms with E-state index in [4.69, 9.17) is 5.73 Å². The van der Waals surface area contributed by atoms with Gasteiger partial charge in [-0.05, 0) is 33.2 Å². The lowest BCUT2D eigenvalue weighted by Crippen LogP contribution is -2.34. The zero-order valence-corrected chi connectivity index (χ0v) is 11.2. The summed E-state index contributed by atoms with van der Waals surface area (Å²) in [6.07, 6.45) is -3.00. The Labute approximate surface area is 121 Å². The summed E-state index contributed by atoms with van der Waals surface area (Å²) < 4.78 is 0. The molecule has 0 aromatic heterocycles. The number of fused-ring (bicyclic) bond motifs is 2. The summed E-state index contributed by atoms with van der Waals surface area (Å²) in [6, 6.07) is 17.1. The van der Waals surface area contributed by atoms with Gasteiger partial charge in [0.15, 0.2) is 6.10 Å². The third kappa shape index (κ3) is 2.24. The molecule has 3 aromatic rings. The van der Waals surface area contributed by atoms with Gasteiger partial charge in [0, 0.05) is 0 Å². The molecule has 21 heavy (non-hydrogen) atoms. The average Bonchev–Trinajstić information content (AvgIpc) is 2.51. The van der Waals surface area contributed by atoms with E-state index in [1.807, 2.05) is 54.6 Å². The first-order valence-corrected chi connectivity index (χ1v) is 6.65. The Balaban J connectivity index is 2.37. The molecular weight excluding hydrogens is 266 g/mol. The molecule has 0 saturated heterocycles. The molecule has 0 bridgehead atoms. The molecule has 106 valence electrons. The second-order valence-corrected chi connectivity index (χ2v) is 5.02. The van der Waals surface area contributed by atoms with Crippen LogP contribution in [-0.2, 0) is 4.79 Å².